The number of amides is 1. The lowest BCUT2D eigenvalue weighted by molar-refractivity contribution is -0.114. The molecular formula is C18H20FN3O2. The van der Waals surface area contributed by atoms with Crippen LogP contribution in [0.15, 0.2) is 48.5 Å². The van der Waals surface area contributed by atoms with Gasteiger partial charge in [0.2, 0.25) is 5.91 Å². The molecule has 24 heavy (non-hydrogen) atoms. The molecule has 0 bridgehead atoms. The van der Waals surface area contributed by atoms with Crippen molar-refractivity contribution in [2.75, 3.05) is 48.4 Å². The van der Waals surface area contributed by atoms with Crippen molar-refractivity contribution in [3.8, 4) is 0 Å². The first-order valence-corrected chi connectivity index (χ1v) is 7.93. The Labute approximate surface area is 140 Å². The number of nitrogens with one attached hydrogen (secondary N) is 2. The maximum Gasteiger partial charge on any atom is 0.243 e. The summed E-state index contributed by atoms with van der Waals surface area (Å²) >= 11 is 0. The molecule has 3 rings (SSSR count). The van der Waals surface area contributed by atoms with Crippen molar-refractivity contribution in [2.45, 2.75) is 0 Å². The quantitative estimate of drug-likeness (QED) is 0.886. The first-order chi connectivity index (χ1) is 11.7. The van der Waals surface area contributed by atoms with E-state index in [2.05, 4.69) is 15.5 Å². The number of hydrogen-bond acceptors (Lipinski definition) is 4. The molecule has 1 amide bonds. The highest BCUT2D eigenvalue weighted by molar-refractivity contribution is 5.93. The Morgan fingerprint density at radius 2 is 1.83 bits per heavy atom. The van der Waals surface area contributed by atoms with Crippen LogP contribution in [0.4, 0.5) is 21.5 Å². The molecule has 1 aliphatic heterocycles. The van der Waals surface area contributed by atoms with Crippen molar-refractivity contribution in [1.29, 1.82) is 0 Å². The van der Waals surface area contributed by atoms with Gasteiger partial charge in [-0.2, -0.15) is 0 Å². The highest BCUT2D eigenvalue weighted by atomic mass is 19.1. The monoisotopic (exact) mass is 329 g/mol. The third-order valence-electron chi connectivity index (χ3n) is 3.80. The molecule has 0 aliphatic carbocycles. The minimum absolute atomic E-state index is 0.0780. The molecule has 6 heteroatoms. The number of halogens is 1. The van der Waals surface area contributed by atoms with E-state index in [9.17, 15) is 9.18 Å². The molecule has 0 radical (unpaired) electrons. The normalized spacial score (nSPS) is 14.3. The number of carbonyl (C=O) groups is 1. The minimum Gasteiger partial charge on any atom is -0.378 e. The van der Waals surface area contributed by atoms with Gasteiger partial charge in [0.05, 0.1) is 19.8 Å². The predicted octanol–water partition coefficient (Wildman–Crippen LogP) is 2.71. The first-order valence-electron chi connectivity index (χ1n) is 7.93. The van der Waals surface area contributed by atoms with Crippen molar-refractivity contribution in [2.24, 2.45) is 0 Å². The fourth-order valence-electron chi connectivity index (χ4n) is 2.56. The average Bonchev–Trinajstić information content (AvgIpc) is 2.61. The largest absolute Gasteiger partial charge is 0.378 e. The fourth-order valence-corrected chi connectivity index (χ4v) is 2.56. The number of benzene rings is 2. The van der Waals surface area contributed by atoms with Gasteiger partial charge in [-0.3, -0.25) is 4.79 Å². The topological polar surface area (TPSA) is 53.6 Å². The lowest BCUT2D eigenvalue weighted by atomic mass is 10.2. The zero-order valence-electron chi connectivity index (χ0n) is 13.3. The van der Waals surface area contributed by atoms with Crippen LogP contribution in [0.1, 0.15) is 0 Å². The van der Waals surface area contributed by atoms with E-state index in [-0.39, 0.29) is 18.3 Å². The first kappa shape index (κ1) is 16.3. The van der Waals surface area contributed by atoms with Crippen LogP contribution in [0.5, 0.6) is 0 Å². The molecule has 1 saturated heterocycles. The van der Waals surface area contributed by atoms with Crippen LogP contribution in [-0.2, 0) is 9.53 Å². The van der Waals surface area contributed by atoms with Gasteiger partial charge in [0.1, 0.15) is 5.82 Å². The number of ether oxygens (including phenoxy) is 1. The van der Waals surface area contributed by atoms with Gasteiger partial charge in [0, 0.05) is 30.2 Å². The second kappa shape index (κ2) is 7.79. The highest BCUT2D eigenvalue weighted by Crippen LogP contribution is 2.19. The molecule has 2 N–H and O–H groups in total. The van der Waals surface area contributed by atoms with Crippen LogP contribution in [0.25, 0.3) is 0 Å². The van der Waals surface area contributed by atoms with Gasteiger partial charge in [-0.05, 0) is 42.5 Å². The SMILES string of the molecule is O=C(CNc1cccc(F)c1)Nc1ccc(N2CCOCC2)cc1. The van der Waals surface area contributed by atoms with Gasteiger partial charge in [-0.25, -0.2) is 4.39 Å². The fraction of sp³-hybridized carbons (Fsp3) is 0.278. The molecule has 0 saturated carbocycles. The van der Waals surface area contributed by atoms with E-state index in [1.807, 2.05) is 24.3 Å². The molecule has 0 unspecified atom stereocenters. The van der Waals surface area contributed by atoms with E-state index in [0.29, 0.717) is 5.69 Å². The zero-order chi connectivity index (χ0) is 16.8. The number of rotatable bonds is 5. The Balaban J connectivity index is 1.50. The van der Waals surface area contributed by atoms with Crippen molar-refractivity contribution >= 4 is 23.0 Å². The van der Waals surface area contributed by atoms with Crippen molar-refractivity contribution < 1.29 is 13.9 Å². The summed E-state index contributed by atoms with van der Waals surface area (Å²) in [5, 5.41) is 5.71. The van der Waals surface area contributed by atoms with Gasteiger partial charge in [-0.15, -0.1) is 0 Å². The average molecular weight is 329 g/mol. The predicted molar refractivity (Wildman–Crippen MR) is 93.0 cm³/mol. The van der Waals surface area contributed by atoms with E-state index >= 15 is 0 Å². The third-order valence-corrected chi connectivity index (χ3v) is 3.80. The zero-order valence-corrected chi connectivity index (χ0v) is 13.3. The van der Waals surface area contributed by atoms with Crippen LogP contribution in [0.3, 0.4) is 0 Å². The Hall–Kier alpha value is -2.60. The van der Waals surface area contributed by atoms with E-state index in [1.165, 1.54) is 12.1 Å². The van der Waals surface area contributed by atoms with Crippen LogP contribution in [0.2, 0.25) is 0 Å². The molecular weight excluding hydrogens is 309 g/mol. The standard InChI is InChI=1S/C18H20FN3O2/c19-14-2-1-3-16(12-14)20-13-18(23)21-15-4-6-17(7-5-15)22-8-10-24-11-9-22/h1-7,12,20H,8-11,13H2,(H,21,23). The lowest BCUT2D eigenvalue weighted by Crippen LogP contribution is -2.36. The maximum atomic E-state index is 13.1. The molecule has 1 heterocycles. The summed E-state index contributed by atoms with van der Waals surface area (Å²) in [4.78, 5) is 14.2. The molecule has 0 aromatic heterocycles. The summed E-state index contributed by atoms with van der Waals surface area (Å²) in [7, 11) is 0. The van der Waals surface area contributed by atoms with Crippen LogP contribution in [-0.4, -0.2) is 38.8 Å². The molecule has 1 fully saturated rings. The second-order valence-electron chi connectivity index (χ2n) is 5.56. The molecule has 2 aromatic rings. The van der Waals surface area contributed by atoms with Gasteiger partial charge < -0.3 is 20.3 Å². The summed E-state index contributed by atoms with van der Waals surface area (Å²) < 4.78 is 18.4. The molecule has 5 nitrogen and oxygen atoms in total. The second-order valence-corrected chi connectivity index (χ2v) is 5.56. The molecule has 1 aliphatic rings. The Morgan fingerprint density at radius 1 is 1.08 bits per heavy atom. The van der Waals surface area contributed by atoms with Crippen molar-refractivity contribution in [3.05, 3.63) is 54.3 Å². The molecule has 2 aromatic carbocycles. The van der Waals surface area contributed by atoms with Crippen molar-refractivity contribution in [1.82, 2.24) is 0 Å². The number of morpholine rings is 1. The molecule has 0 atom stereocenters. The van der Waals surface area contributed by atoms with E-state index < -0.39 is 0 Å². The summed E-state index contributed by atoms with van der Waals surface area (Å²) in [5.74, 6) is -0.516. The van der Waals surface area contributed by atoms with E-state index in [0.717, 1.165) is 37.7 Å². The number of nitrogens with zero attached hydrogens (tertiary/aromatic N) is 1. The summed E-state index contributed by atoms with van der Waals surface area (Å²) in [6, 6.07) is 13.8. The van der Waals surface area contributed by atoms with E-state index in [1.54, 1.807) is 12.1 Å². The minimum atomic E-state index is -0.334. The van der Waals surface area contributed by atoms with Gasteiger partial charge in [0.15, 0.2) is 0 Å². The molecule has 0 spiro atoms. The Morgan fingerprint density at radius 3 is 2.54 bits per heavy atom. The van der Waals surface area contributed by atoms with Gasteiger partial charge in [0.25, 0.3) is 0 Å². The summed E-state index contributed by atoms with van der Waals surface area (Å²) in [6.45, 7) is 3.32. The lowest BCUT2D eigenvalue weighted by Gasteiger charge is -2.28. The summed E-state index contributed by atoms with van der Waals surface area (Å²) in [5.41, 5.74) is 2.43. The van der Waals surface area contributed by atoms with Gasteiger partial charge >= 0.3 is 0 Å². The highest BCUT2D eigenvalue weighted by Gasteiger charge is 2.11. The van der Waals surface area contributed by atoms with Gasteiger partial charge in [-0.1, -0.05) is 6.07 Å². The van der Waals surface area contributed by atoms with Crippen LogP contribution >= 0.6 is 0 Å². The van der Waals surface area contributed by atoms with E-state index in [4.69, 9.17) is 4.74 Å². The Bertz CT molecular complexity index is 685. The van der Waals surface area contributed by atoms with Crippen LogP contribution < -0.4 is 15.5 Å². The smallest absolute Gasteiger partial charge is 0.243 e. The number of carbonyl (C=O) groups excluding carboxylic acids is 1. The number of hydrogen-bond donors (Lipinski definition) is 2. The maximum absolute atomic E-state index is 13.1. The third kappa shape index (κ3) is 4.45. The number of anilines is 3. The Kier molecular flexibility index (Phi) is 5.28. The molecule has 126 valence electrons. The summed E-state index contributed by atoms with van der Waals surface area (Å²) in [6.07, 6.45) is 0. The van der Waals surface area contributed by atoms with Crippen LogP contribution in [0, 0.1) is 5.82 Å². The van der Waals surface area contributed by atoms with Crippen molar-refractivity contribution in [3.63, 3.8) is 0 Å².